The van der Waals surface area contributed by atoms with Crippen molar-refractivity contribution in [3.8, 4) is 0 Å². The van der Waals surface area contributed by atoms with E-state index in [0.717, 1.165) is 12.1 Å². The van der Waals surface area contributed by atoms with E-state index < -0.39 is 10.0 Å². The molecule has 1 aromatic rings. The van der Waals surface area contributed by atoms with Crippen molar-refractivity contribution in [2.24, 2.45) is 0 Å². The average Bonchev–Trinajstić information content (AvgIpc) is 2.83. The van der Waals surface area contributed by atoms with E-state index in [2.05, 4.69) is 10.0 Å². The van der Waals surface area contributed by atoms with Gasteiger partial charge >= 0.3 is 0 Å². The normalized spacial score (nSPS) is 13.7. The molecule has 1 unspecified atom stereocenters. The Labute approximate surface area is 118 Å². The van der Waals surface area contributed by atoms with Crippen LogP contribution in [0.25, 0.3) is 0 Å². The van der Waals surface area contributed by atoms with Crippen molar-refractivity contribution < 1.29 is 8.42 Å². The molecule has 18 heavy (non-hydrogen) atoms. The van der Waals surface area contributed by atoms with Crippen molar-refractivity contribution in [2.45, 2.75) is 29.9 Å². The van der Waals surface area contributed by atoms with E-state index in [1.54, 1.807) is 17.8 Å². The van der Waals surface area contributed by atoms with Gasteiger partial charge in [-0.05, 0) is 29.8 Å². The maximum absolute atomic E-state index is 12.0. The van der Waals surface area contributed by atoms with E-state index in [4.69, 9.17) is 0 Å². The van der Waals surface area contributed by atoms with Crippen LogP contribution in [0.5, 0.6) is 0 Å². The Kier molecular flexibility index (Phi) is 6.65. The molecule has 0 aliphatic rings. The standard InChI is InChI=1S/C11H20N2O2S3/c1-4-12-7-10-5-11(17-8-10)18(14,15)13-6-9(2)16-3/h5,8-9,12-13H,4,6-7H2,1-3H3. The zero-order valence-electron chi connectivity index (χ0n) is 10.9. The molecule has 0 radical (unpaired) electrons. The minimum absolute atomic E-state index is 0.279. The Morgan fingerprint density at radius 3 is 2.83 bits per heavy atom. The van der Waals surface area contributed by atoms with Gasteiger partial charge in [-0.3, -0.25) is 0 Å². The maximum atomic E-state index is 12.0. The fourth-order valence-electron chi connectivity index (χ4n) is 1.24. The molecular formula is C11H20N2O2S3. The molecule has 4 nitrogen and oxygen atoms in total. The van der Waals surface area contributed by atoms with Crippen molar-refractivity contribution in [3.05, 3.63) is 17.0 Å². The largest absolute Gasteiger partial charge is 0.313 e. The second-order valence-electron chi connectivity index (χ2n) is 3.95. The summed E-state index contributed by atoms with van der Waals surface area (Å²) in [5.74, 6) is 0. The Morgan fingerprint density at radius 1 is 1.50 bits per heavy atom. The zero-order chi connectivity index (χ0) is 13.6. The van der Waals surface area contributed by atoms with Gasteiger partial charge in [-0.25, -0.2) is 13.1 Å². The van der Waals surface area contributed by atoms with Crippen LogP contribution >= 0.6 is 23.1 Å². The second-order valence-corrected chi connectivity index (χ2v) is 8.13. The quantitative estimate of drug-likeness (QED) is 0.770. The molecule has 1 aromatic heterocycles. The lowest BCUT2D eigenvalue weighted by Crippen LogP contribution is -2.28. The van der Waals surface area contributed by atoms with Crippen LogP contribution in [0.15, 0.2) is 15.7 Å². The second kappa shape index (κ2) is 7.49. The highest BCUT2D eigenvalue weighted by atomic mass is 32.2. The van der Waals surface area contributed by atoms with Crippen molar-refractivity contribution >= 4 is 33.1 Å². The Hall–Kier alpha value is -0.0800. The van der Waals surface area contributed by atoms with Gasteiger partial charge in [-0.1, -0.05) is 13.8 Å². The summed E-state index contributed by atoms with van der Waals surface area (Å²) in [6, 6.07) is 1.74. The van der Waals surface area contributed by atoms with Crippen molar-refractivity contribution in [1.29, 1.82) is 0 Å². The summed E-state index contributed by atoms with van der Waals surface area (Å²) in [4.78, 5) is 0. The topological polar surface area (TPSA) is 58.2 Å². The SMILES string of the molecule is CCNCc1csc(S(=O)(=O)NCC(C)SC)c1. The van der Waals surface area contributed by atoms with Gasteiger partial charge in [0.15, 0.2) is 0 Å². The van der Waals surface area contributed by atoms with E-state index in [-0.39, 0.29) is 5.25 Å². The number of thiophene rings is 1. The van der Waals surface area contributed by atoms with Crippen LogP contribution in [0.1, 0.15) is 19.4 Å². The molecule has 7 heteroatoms. The van der Waals surface area contributed by atoms with Gasteiger partial charge in [0.25, 0.3) is 0 Å². The van der Waals surface area contributed by atoms with Crippen LogP contribution in [0.3, 0.4) is 0 Å². The third-order valence-electron chi connectivity index (χ3n) is 2.44. The summed E-state index contributed by atoms with van der Waals surface area (Å²) in [7, 11) is -3.34. The number of sulfonamides is 1. The molecule has 0 saturated heterocycles. The molecule has 2 N–H and O–H groups in total. The van der Waals surface area contributed by atoms with E-state index in [1.165, 1.54) is 11.3 Å². The van der Waals surface area contributed by atoms with Gasteiger partial charge in [0.2, 0.25) is 10.0 Å². The van der Waals surface area contributed by atoms with Gasteiger partial charge in [0.05, 0.1) is 0 Å². The highest BCUT2D eigenvalue weighted by molar-refractivity contribution is 7.99. The van der Waals surface area contributed by atoms with Crippen LogP contribution in [0.4, 0.5) is 0 Å². The molecule has 1 atom stereocenters. The summed E-state index contributed by atoms with van der Waals surface area (Å²) in [5, 5.41) is 5.34. The lowest BCUT2D eigenvalue weighted by molar-refractivity contribution is 0.583. The van der Waals surface area contributed by atoms with Crippen LogP contribution in [0.2, 0.25) is 0 Å². The molecule has 1 rings (SSSR count). The van der Waals surface area contributed by atoms with Crippen LogP contribution in [-0.2, 0) is 16.6 Å². The number of rotatable bonds is 8. The minimum atomic E-state index is -3.34. The minimum Gasteiger partial charge on any atom is -0.313 e. The maximum Gasteiger partial charge on any atom is 0.250 e. The summed E-state index contributed by atoms with van der Waals surface area (Å²) in [6.45, 7) is 6.07. The number of thioether (sulfide) groups is 1. The van der Waals surface area contributed by atoms with Crippen molar-refractivity contribution in [3.63, 3.8) is 0 Å². The smallest absolute Gasteiger partial charge is 0.250 e. The zero-order valence-corrected chi connectivity index (χ0v) is 13.3. The molecule has 0 aliphatic carbocycles. The first kappa shape index (κ1) is 16.0. The molecule has 0 spiro atoms. The van der Waals surface area contributed by atoms with Crippen LogP contribution in [-0.4, -0.2) is 33.0 Å². The summed E-state index contributed by atoms with van der Waals surface area (Å²) in [5.41, 5.74) is 1.01. The molecule has 0 aliphatic heterocycles. The molecule has 1 heterocycles. The highest BCUT2D eigenvalue weighted by Gasteiger charge is 2.17. The molecule has 0 saturated carbocycles. The molecule has 0 bridgehead atoms. The molecule has 104 valence electrons. The van der Waals surface area contributed by atoms with Gasteiger partial charge in [-0.15, -0.1) is 11.3 Å². The predicted molar refractivity (Wildman–Crippen MR) is 79.9 cm³/mol. The highest BCUT2D eigenvalue weighted by Crippen LogP contribution is 2.20. The Balaban J connectivity index is 2.64. The fourth-order valence-corrected chi connectivity index (χ4v) is 3.98. The van der Waals surface area contributed by atoms with E-state index in [0.29, 0.717) is 17.3 Å². The fraction of sp³-hybridized carbons (Fsp3) is 0.636. The average molecular weight is 308 g/mol. The summed E-state index contributed by atoms with van der Waals surface area (Å²) < 4.78 is 27.0. The third kappa shape index (κ3) is 4.89. The first-order valence-corrected chi connectivity index (χ1v) is 9.45. The van der Waals surface area contributed by atoms with Gasteiger partial charge in [0.1, 0.15) is 4.21 Å². The first-order chi connectivity index (χ1) is 8.49. The van der Waals surface area contributed by atoms with Crippen LogP contribution < -0.4 is 10.0 Å². The van der Waals surface area contributed by atoms with E-state index >= 15 is 0 Å². The molecular weight excluding hydrogens is 288 g/mol. The lowest BCUT2D eigenvalue weighted by atomic mass is 10.3. The van der Waals surface area contributed by atoms with E-state index in [1.807, 2.05) is 25.5 Å². The molecule has 0 fully saturated rings. The Morgan fingerprint density at radius 2 is 2.22 bits per heavy atom. The van der Waals surface area contributed by atoms with Gasteiger partial charge in [-0.2, -0.15) is 11.8 Å². The van der Waals surface area contributed by atoms with Gasteiger partial charge in [0, 0.05) is 18.3 Å². The lowest BCUT2D eigenvalue weighted by Gasteiger charge is -2.09. The number of hydrogen-bond acceptors (Lipinski definition) is 5. The Bertz CT molecular complexity index is 457. The predicted octanol–water partition coefficient (Wildman–Crippen LogP) is 1.89. The summed E-state index contributed by atoms with van der Waals surface area (Å²) >= 11 is 2.91. The monoisotopic (exact) mass is 308 g/mol. The molecule has 0 amide bonds. The van der Waals surface area contributed by atoms with Crippen LogP contribution in [0, 0.1) is 0 Å². The third-order valence-corrected chi connectivity index (χ3v) is 6.32. The van der Waals surface area contributed by atoms with Crippen molar-refractivity contribution in [1.82, 2.24) is 10.0 Å². The van der Waals surface area contributed by atoms with Gasteiger partial charge < -0.3 is 5.32 Å². The summed E-state index contributed by atoms with van der Waals surface area (Å²) in [6.07, 6.45) is 1.97. The first-order valence-electron chi connectivity index (χ1n) is 5.80. The van der Waals surface area contributed by atoms with E-state index in [9.17, 15) is 8.42 Å². The van der Waals surface area contributed by atoms with Crippen molar-refractivity contribution in [2.75, 3.05) is 19.3 Å². The number of nitrogens with one attached hydrogen (secondary N) is 2. The molecule has 0 aromatic carbocycles. The number of hydrogen-bond donors (Lipinski definition) is 2.